The van der Waals surface area contributed by atoms with Crippen molar-refractivity contribution in [3.05, 3.63) is 48.5 Å². The number of nitrogens with zero attached hydrogens (tertiary/aromatic N) is 4. The molecule has 0 atom stereocenters. The quantitative estimate of drug-likeness (QED) is 0.00849. The summed E-state index contributed by atoms with van der Waals surface area (Å²) in [7, 11) is -16.8. The van der Waals surface area contributed by atoms with E-state index in [-0.39, 0.29) is 183 Å². The van der Waals surface area contributed by atoms with Crippen LogP contribution in [0.1, 0.15) is 7.43 Å². The number of anilines is 1. The molecule has 0 saturated carbocycles. The van der Waals surface area contributed by atoms with Gasteiger partial charge in [-0.2, -0.15) is 9.45 Å². The summed E-state index contributed by atoms with van der Waals surface area (Å²) in [6.45, 7) is -1.47. The maximum Gasteiger partial charge on any atom is 1.00 e. The van der Waals surface area contributed by atoms with E-state index in [1.54, 1.807) is 0 Å². The van der Waals surface area contributed by atoms with Crippen LogP contribution in [0.25, 0.3) is 10.8 Å². The predicted octanol–water partition coefficient (Wildman–Crippen LogP) is -9.41. The van der Waals surface area contributed by atoms with Crippen LogP contribution in [-0.2, 0) is 67.3 Å². The summed E-state index contributed by atoms with van der Waals surface area (Å²) in [5, 5.41) is 53.5. The molecule has 0 radical (unpaired) electrons. The number of ether oxygens (including phenoxy) is 2. The number of nitrogens with two attached hydrogens (primary N) is 1. The van der Waals surface area contributed by atoms with Crippen molar-refractivity contribution in [2.75, 3.05) is 44.7 Å². The van der Waals surface area contributed by atoms with E-state index < -0.39 is 108 Å². The Labute approximate surface area is 468 Å². The molecule has 0 aliphatic heterocycles. The van der Waals surface area contributed by atoms with Gasteiger partial charge in [-0.1, -0.05) is 13.5 Å². The Morgan fingerprint density at radius 2 is 1.34 bits per heavy atom. The molecule has 0 spiro atoms. The molecule has 0 fully saturated rings. The van der Waals surface area contributed by atoms with Gasteiger partial charge in [0, 0.05) is 12.1 Å². The van der Waals surface area contributed by atoms with Crippen LogP contribution in [0, 0.1) is 0 Å². The van der Waals surface area contributed by atoms with Crippen LogP contribution >= 0.6 is 24.4 Å². The molecule has 3 N–H and O–H groups in total. The number of methoxy groups -OCH3 is 2. The molecule has 0 amide bonds. The average molecular weight is 1070 g/mol. The number of hydrogen-bond acceptors (Lipinski definition) is 28. The van der Waals surface area contributed by atoms with E-state index in [0.717, 1.165) is 50.6 Å². The topological polar surface area (TPSA) is 398 Å². The maximum absolute atomic E-state index is 13.1. The Morgan fingerprint density at radius 1 is 0.723 bits per heavy atom. The van der Waals surface area contributed by atoms with E-state index in [2.05, 4.69) is 43.4 Å². The van der Waals surface area contributed by atoms with Gasteiger partial charge in [-0.3, -0.25) is 18.4 Å². The fourth-order valence-corrected chi connectivity index (χ4v) is 9.07. The van der Waals surface area contributed by atoms with Crippen molar-refractivity contribution in [1.29, 1.82) is 0 Å². The predicted molar refractivity (Wildman–Crippen MR) is 203 cm³/mol. The molecule has 4 aromatic rings. The van der Waals surface area contributed by atoms with E-state index in [4.69, 9.17) is 19.4 Å². The third kappa shape index (κ3) is 18.7. The van der Waals surface area contributed by atoms with Crippen molar-refractivity contribution in [3.8, 4) is 17.2 Å². The molecule has 0 unspecified atom stereocenters. The van der Waals surface area contributed by atoms with E-state index >= 15 is 0 Å². The summed E-state index contributed by atoms with van der Waals surface area (Å²) in [5.41, 5.74) is 3.73. The molecule has 0 aliphatic rings. The molecule has 0 heterocycles. The molecule has 0 aromatic heterocycles. The fraction of sp³-hybridized carbons (Fsp3) is 0.241. The first-order valence-corrected chi connectivity index (χ1v) is 22.8. The Balaban J connectivity index is 0. The van der Waals surface area contributed by atoms with Crippen molar-refractivity contribution in [2.45, 2.75) is 27.0 Å². The summed E-state index contributed by atoms with van der Waals surface area (Å²) in [6, 6.07) is 8.28. The van der Waals surface area contributed by atoms with Gasteiger partial charge in [0.05, 0.1) is 82.4 Å². The zero-order chi connectivity index (χ0) is 44.5. The average Bonchev–Trinajstić information content (AvgIpc) is 3.17. The number of benzene rings is 4. The van der Waals surface area contributed by atoms with Crippen molar-refractivity contribution in [2.24, 2.45) is 20.5 Å². The van der Waals surface area contributed by atoms with Gasteiger partial charge in [-0.05, 0) is 35.7 Å². The van der Waals surface area contributed by atoms with Crippen LogP contribution in [0.2, 0.25) is 0 Å². The molecule has 26 nitrogen and oxygen atoms in total. The SMILES string of the molecule is C.COc1cc(S(=O)(=O)CCOSOO[O-])c(OC)cc1N=Nc1c(SOO[O-])cc2cc(S(=O)(=O)[O-])c(N=Nc3cccc(S(=O)(=O)CCOS(=O)(=O)[O-])c3)c(N)c2c1O.[Na+].[Na+].[Na+].[Na+]. The van der Waals surface area contributed by atoms with Crippen molar-refractivity contribution >= 4 is 104 Å². The first kappa shape index (κ1) is 66.7. The monoisotopic (exact) mass is 1070 g/mol. The van der Waals surface area contributed by atoms with Crippen LogP contribution in [0.5, 0.6) is 17.2 Å². The number of phenolic OH excluding ortho intramolecular Hbond substituents is 1. The van der Waals surface area contributed by atoms with Gasteiger partial charge in [-0.25, -0.2) is 33.7 Å². The summed E-state index contributed by atoms with van der Waals surface area (Å²) in [6.07, 6.45) is 0. The molecular formula is C29H29N5Na4O21S6. The van der Waals surface area contributed by atoms with Gasteiger partial charge in [0.2, 0.25) is 10.4 Å². The van der Waals surface area contributed by atoms with Crippen molar-refractivity contribution < 1.29 is 213 Å². The maximum atomic E-state index is 13.1. The minimum atomic E-state index is -5.45. The van der Waals surface area contributed by atoms with Crippen molar-refractivity contribution in [3.63, 3.8) is 0 Å². The first-order valence-electron chi connectivity index (χ1n) is 15.4. The van der Waals surface area contributed by atoms with E-state index in [0.29, 0.717) is 0 Å². The van der Waals surface area contributed by atoms with Gasteiger partial charge in [0.25, 0.3) is 0 Å². The molecule has 4 aromatic carbocycles. The van der Waals surface area contributed by atoms with Gasteiger partial charge in [0.15, 0.2) is 37.7 Å². The Bertz CT molecular complexity index is 2760. The van der Waals surface area contributed by atoms with Crippen LogP contribution in [0.3, 0.4) is 0 Å². The van der Waals surface area contributed by atoms with Crippen LogP contribution < -0.4 is 144 Å². The van der Waals surface area contributed by atoms with E-state index in [1.807, 2.05) is 0 Å². The Hall–Kier alpha value is -0.360. The zero-order valence-corrected chi connectivity index (χ0v) is 46.8. The molecule has 336 valence electrons. The molecule has 0 bridgehead atoms. The number of phenols is 1. The summed E-state index contributed by atoms with van der Waals surface area (Å²) < 4.78 is 148. The zero-order valence-electron chi connectivity index (χ0n) is 33.9. The molecule has 0 aliphatic carbocycles. The number of aromatic hydroxyl groups is 1. The second-order valence-corrected chi connectivity index (χ2v) is 18.8. The van der Waals surface area contributed by atoms with E-state index in [9.17, 15) is 58.4 Å². The number of hydrogen-bond donors (Lipinski definition) is 2. The number of nitrogen functional groups attached to an aromatic ring is 1. The third-order valence-corrected chi connectivity index (χ3v) is 13.0. The third-order valence-electron chi connectivity index (χ3n) is 7.35. The number of azo groups is 2. The molecule has 4 rings (SSSR count). The standard InChI is InChI=1S/C28H29N5O21S6.CH4.4Na/c1-47-19-14-22(58(39,40)8-6-49-56-54-52-36)20(48-2)13-18(19)31-32-26-21(55-53-51-35)10-15-11-23(59(41,42)43)27(25(29)24(15)28(26)34)33-30-16-4-3-5-17(12-16)57(37,38)9-7-50-60(44,45)46;;;;;/h3-5,10-14,34-36H,6-9,29H2,1-2H3,(H,41,42,43)(H,44,45,46);1H4;;;;/q;;4*+1/p-4. The van der Waals surface area contributed by atoms with Crippen LogP contribution in [0.4, 0.5) is 28.4 Å². The minimum Gasteiger partial charge on any atom is -0.744 e. The second kappa shape index (κ2) is 29.7. The smallest absolute Gasteiger partial charge is 0.744 e. The fourth-order valence-electron chi connectivity index (χ4n) is 4.82. The van der Waals surface area contributed by atoms with Gasteiger partial charge in [-0.15, -0.1) is 19.7 Å². The van der Waals surface area contributed by atoms with Gasteiger partial charge >= 0.3 is 118 Å². The Morgan fingerprint density at radius 3 is 1.92 bits per heavy atom. The first-order chi connectivity index (χ1) is 28.2. The van der Waals surface area contributed by atoms with Crippen LogP contribution in [0.15, 0.2) is 88.6 Å². The summed E-state index contributed by atoms with van der Waals surface area (Å²) in [5.74, 6) is -2.95. The normalized spacial score (nSPS) is 11.8. The molecule has 36 heteroatoms. The molecule has 65 heavy (non-hydrogen) atoms. The van der Waals surface area contributed by atoms with E-state index in [1.165, 1.54) is 12.1 Å². The number of sulfone groups is 2. The van der Waals surface area contributed by atoms with Gasteiger partial charge < -0.3 is 39.9 Å². The summed E-state index contributed by atoms with van der Waals surface area (Å²) >= 11 is 0.234. The van der Waals surface area contributed by atoms with Gasteiger partial charge in [0.1, 0.15) is 43.6 Å². The molecular weight excluding hydrogens is 1040 g/mol. The number of rotatable bonds is 22. The minimum absolute atomic E-state index is 0. The Kier molecular flexibility index (Phi) is 30.5. The largest absolute Gasteiger partial charge is 1.00 e. The molecule has 0 saturated heterocycles. The van der Waals surface area contributed by atoms with Crippen LogP contribution in [-0.4, -0.2) is 86.8 Å². The van der Waals surface area contributed by atoms with Crippen molar-refractivity contribution in [1.82, 2.24) is 0 Å². The second-order valence-electron chi connectivity index (χ2n) is 10.9. The number of fused-ring (bicyclic) bond motifs is 1. The summed E-state index contributed by atoms with van der Waals surface area (Å²) in [4.78, 5) is -2.22.